The van der Waals surface area contributed by atoms with Gasteiger partial charge in [0.05, 0.1) is 6.20 Å². The first-order chi connectivity index (χ1) is 6.75. The zero-order valence-electron chi connectivity index (χ0n) is 6.76. The minimum absolute atomic E-state index is 0.260. The Bertz CT molecular complexity index is 434. The molecule has 2 aromatic heterocycles. The van der Waals surface area contributed by atoms with Gasteiger partial charge in [-0.25, -0.2) is 4.79 Å². The van der Waals surface area contributed by atoms with Crippen molar-refractivity contribution in [2.45, 2.75) is 0 Å². The van der Waals surface area contributed by atoms with Crippen LogP contribution in [-0.4, -0.2) is 31.5 Å². The molecule has 0 amide bonds. The summed E-state index contributed by atoms with van der Waals surface area (Å²) in [6, 6.07) is 0. The summed E-state index contributed by atoms with van der Waals surface area (Å²) in [7, 11) is 0. The molecule has 0 aliphatic heterocycles. The highest BCUT2D eigenvalue weighted by molar-refractivity contribution is 5.82. The zero-order valence-corrected chi connectivity index (χ0v) is 6.76. The number of hydrogen-bond donors (Lipinski definition) is 3. The second-order valence-electron chi connectivity index (χ2n) is 2.32. The fourth-order valence-corrected chi connectivity index (χ4v) is 0.822. The number of nitrogens with one attached hydrogen (secondary N) is 2. The van der Waals surface area contributed by atoms with Gasteiger partial charge >= 0.3 is 11.9 Å². The van der Waals surface area contributed by atoms with E-state index in [-0.39, 0.29) is 11.7 Å². The molecular weight excluding hydrogens is 190 g/mol. The van der Waals surface area contributed by atoms with Crippen LogP contribution in [0.1, 0.15) is 10.7 Å². The summed E-state index contributed by atoms with van der Waals surface area (Å²) in [5.41, 5.74) is 0. The summed E-state index contributed by atoms with van der Waals surface area (Å²) in [6.07, 6.45) is 2.60. The number of rotatable bonds is 3. The molecule has 0 saturated heterocycles. The standard InChI is InChI=1S/C6H5N5O3/c12-6(13)5-9-4(2-14-5)8-3-1-7-11-10-3/h1-2H,(H,12,13)(H2,7,8,10,11). The van der Waals surface area contributed by atoms with E-state index in [9.17, 15) is 4.79 Å². The largest absolute Gasteiger partial charge is 0.474 e. The molecule has 0 radical (unpaired) electrons. The van der Waals surface area contributed by atoms with E-state index in [4.69, 9.17) is 5.11 Å². The third-order valence-electron chi connectivity index (χ3n) is 1.36. The molecular formula is C6H5N5O3. The van der Waals surface area contributed by atoms with Crippen LogP contribution in [0.2, 0.25) is 0 Å². The molecule has 14 heavy (non-hydrogen) atoms. The minimum atomic E-state index is -1.22. The van der Waals surface area contributed by atoms with Gasteiger partial charge in [-0.15, -0.1) is 5.10 Å². The molecule has 0 bridgehead atoms. The summed E-state index contributed by atoms with van der Waals surface area (Å²) in [6.45, 7) is 0. The van der Waals surface area contributed by atoms with Crippen LogP contribution >= 0.6 is 0 Å². The smallest absolute Gasteiger partial charge is 0.392 e. The molecule has 0 aliphatic carbocycles. The van der Waals surface area contributed by atoms with Gasteiger partial charge < -0.3 is 14.8 Å². The Morgan fingerprint density at radius 1 is 1.57 bits per heavy atom. The van der Waals surface area contributed by atoms with Gasteiger partial charge in [-0.05, 0) is 0 Å². The molecule has 0 aromatic carbocycles. The fourth-order valence-electron chi connectivity index (χ4n) is 0.822. The monoisotopic (exact) mass is 195 g/mol. The molecule has 8 nitrogen and oxygen atoms in total. The molecule has 0 saturated carbocycles. The third-order valence-corrected chi connectivity index (χ3v) is 1.36. The highest BCUT2D eigenvalue weighted by atomic mass is 16.4. The second kappa shape index (κ2) is 3.17. The van der Waals surface area contributed by atoms with E-state index in [0.717, 1.165) is 0 Å². The van der Waals surface area contributed by atoms with E-state index >= 15 is 0 Å². The van der Waals surface area contributed by atoms with Crippen molar-refractivity contribution in [3.8, 4) is 0 Å². The number of hydrogen-bond acceptors (Lipinski definition) is 6. The van der Waals surface area contributed by atoms with Gasteiger partial charge in [-0.2, -0.15) is 15.3 Å². The molecule has 0 fully saturated rings. The Balaban J connectivity index is 2.14. The number of carboxylic acid groups (broad SMARTS) is 1. The Morgan fingerprint density at radius 2 is 2.43 bits per heavy atom. The predicted molar refractivity (Wildman–Crippen MR) is 43.1 cm³/mol. The number of aromatic carboxylic acids is 1. The van der Waals surface area contributed by atoms with E-state index < -0.39 is 5.97 Å². The lowest BCUT2D eigenvalue weighted by Crippen LogP contribution is -1.97. The fraction of sp³-hybridized carbons (Fsp3) is 0. The number of nitrogens with zero attached hydrogens (tertiary/aromatic N) is 3. The molecule has 0 unspecified atom stereocenters. The predicted octanol–water partition coefficient (Wildman–Crippen LogP) is 0.234. The van der Waals surface area contributed by atoms with Gasteiger partial charge in [0, 0.05) is 0 Å². The minimum Gasteiger partial charge on any atom is -0.474 e. The van der Waals surface area contributed by atoms with Crippen molar-refractivity contribution in [3.63, 3.8) is 0 Å². The highest BCUT2D eigenvalue weighted by Crippen LogP contribution is 2.11. The summed E-state index contributed by atoms with van der Waals surface area (Å²) < 4.78 is 4.64. The van der Waals surface area contributed by atoms with Crippen molar-refractivity contribution < 1.29 is 14.3 Å². The topological polar surface area (TPSA) is 117 Å². The molecule has 2 aromatic rings. The van der Waals surface area contributed by atoms with Crippen LogP contribution in [0.15, 0.2) is 16.9 Å². The molecule has 8 heteroatoms. The van der Waals surface area contributed by atoms with Crippen LogP contribution in [0.5, 0.6) is 0 Å². The lowest BCUT2D eigenvalue weighted by atomic mass is 10.6. The molecule has 2 heterocycles. The van der Waals surface area contributed by atoms with Crippen molar-refractivity contribution in [1.82, 2.24) is 20.4 Å². The summed E-state index contributed by atoms with van der Waals surface area (Å²) >= 11 is 0. The summed E-state index contributed by atoms with van der Waals surface area (Å²) in [4.78, 5) is 14.0. The van der Waals surface area contributed by atoms with E-state index in [1.807, 2.05) is 0 Å². The van der Waals surface area contributed by atoms with Crippen LogP contribution in [0.4, 0.5) is 11.6 Å². The Hall–Kier alpha value is -2.38. The van der Waals surface area contributed by atoms with Gasteiger partial charge in [0.25, 0.3) is 0 Å². The number of carboxylic acids is 1. The normalized spacial score (nSPS) is 10.0. The maximum atomic E-state index is 10.4. The number of aromatic amines is 1. The number of H-pyrrole nitrogens is 1. The summed E-state index contributed by atoms with van der Waals surface area (Å²) in [5, 5.41) is 20.8. The van der Waals surface area contributed by atoms with Gasteiger partial charge in [0.1, 0.15) is 6.26 Å². The first kappa shape index (κ1) is 8.23. The van der Waals surface area contributed by atoms with Crippen LogP contribution in [0.25, 0.3) is 0 Å². The van der Waals surface area contributed by atoms with Crippen molar-refractivity contribution in [2.75, 3.05) is 5.32 Å². The molecule has 0 atom stereocenters. The molecule has 2 rings (SSSR count). The van der Waals surface area contributed by atoms with Crippen molar-refractivity contribution >= 4 is 17.6 Å². The quantitative estimate of drug-likeness (QED) is 0.641. The van der Waals surface area contributed by atoms with E-state index in [1.165, 1.54) is 12.5 Å². The second-order valence-corrected chi connectivity index (χ2v) is 2.32. The SMILES string of the molecule is O=C(O)c1nc(Nc2cn[nH]n2)co1. The van der Waals surface area contributed by atoms with Crippen LogP contribution < -0.4 is 5.32 Å². The highest BCUT2D eigenvalue weighted by Gasteiger charge is 2.11. The van der Waals surface area contributed by atoms with Gasteiger partial charge in [0.2, 0.25) is 0 Å². The average Bonchev–Trinajstić information content (AvgIpc) is 2.75. The number of aromatic nitrogens is 4. The number of anilines is 2. The maximum Gasteiger partial charge on any atom is 0.392 e. The Kier molecular flexibility index (Phi) is 1.86. The third kappa shape index (κ3) is 1.53. The van der Waals surface area contributed by atoms with Crippen molar-refractivity contribution in [1.29, 1.82) is 0 Å². The number of carbonyl (C=O) groups is 1. The van der Waals surface area contributed by atoms with E-state index in [0.29, 0.717) is 5.82 Å². The molecule has 3 N–H and O–H groups in total. The van der Waals surface area contributed by atoms with Gasteiger partial charge in [0.15, 0.2) is 11.6 Å². The molecule has 0 spiro atoms. The van der Waals surface area contributed by atoms with Crippen LogP contribution in [0.3, 0.4) is 0 Å². The van der Waals surface area contributed by atoms with E-state index in [2.05, 4.69) is 30.1 Å². The van der Waals surface area contributed by atoms with E-state index in [1.54, 1.807) is 0 Å². The first-order valence-corrected chi connectivity index (χ1v) is 3.57. The van der Waals surface area contributed by atoms with Crippen molar-refractivity contribution in [3.05, 3.63) is 18.4 Å². The molecule has 0 aliphatic rings. The van der Waals surface area contributed by atoms with Crippen molar-refractivity contribution in [2.24, 2.45) is 0 Å². The van der Waals surface area contributed by atoms with Crippen LogP contribution in [-0.2, 0) is 0 Å². The molecule has 72 valence electrons. The lowest BCUT2D eigenvalue weighted by molar-refractivity contribution is 0.0653. The zero-order chi connectivity index (χ0) is 9.97. The maximum absolute atomic E-state index is 10.4. The van der Waals surface area contributed by atoms with Crippen LogP contribution in [0, 0.1) is 0 Å². The lowest BCUT2D eigenvalue weighted by Gasteiger charge is -1.92. The summed E-state index contributed by atoms with van der Waals surface area (Å²) in [5.74, 6) is -0.916. The number of oxazole rings is 1. The Morgan fingerprint density at radius 3 is 3.00 bits per heavy atom. The first-order valence-electron chi connectivity index (χ1n) is 3.57. The Labute approximate surface area is 77.0 Å². The van der Waals surface area contributed by atoms with Gasteiger partial charge in [-0.1, -0.05) is 0 Å². The average molecular weight is 195 g/mol. The van der Waals surface area contributed by atoms with Gasteiger partial charge in [-0.3, -0.25) is 0 Å².